The Morgan fingerprint density at radius 1 is 1.20 bits per heavy atom. The van der Waals surface area contributed by atoms with Gasteiger partial charge in [0.2, 0.25) is 5.95 Å². The maximum atomic E-state index is 12.3. The highest BCUT2D eigenvalue weighted by Crippen LogP contribution is 2.15. The van der Waals surface area contributed by atoms with Gasteiger partial charge in [0.1, 0.15) is 0 Å². The van der Waals surface area contributed by atoms with Crippen molar-refractivity contribution in [2.75, 3.05) is 12.4 Å². The summed E-state index contributed by atoms with van der Waals surface area (Å²) in [5.41, 5.74) is 0.348. The second-order valence-corrected chi connectivity index (χ2v) is 4.75. The Hall–Kier alpha value is -2.05. The summed E-state index contributed by atoms with van der Waals surface area (Å²) >= 11 is 0. The summed E-state index contributed by atoms with van der Waals surface area (Å²) in [6.07, 6.45) is 1.85. The molecule has 2 heterocycles. The molecule has 0 saturated carbocycles. The van der Waals surface area contributed by atoms with E-state index in [1.165, 1.54) is 7.05 Å². The first kappa shape index (κ1) is 14.4. The van der Waals surface area contributed by atoms with Crippen LogP contribution >= 0.6 is 0 Å². The highest BCUT2D eigenvalue weighted by molar-refractivity contribution is 5.74. The highest BCUT2D eigenvalue weighted by Gasteiger charge is 2.18. The molecule has 20 heavy (non-hydrogen) atoms. The molecule has 0 atom stereocenters. The summed E-state index contributed by atoms with van der Waals surface area (Å²) in [7, 11) is 3.27. The largest absolute Gasteiger partial charge is 0.359 e. The van der Waals surface area contributed by atoms with Crippen molar-refractivity contribution in [3.63, 3.8) is 0 Å². The van der Waals surface area contributed by atoms with E-state index in [9.17, 15) is 9.59 Å². The number of nitrogens with zero attached hydrogens (tertiary/aromatic N) is 4. The number of nitrogens with one attached hydrogen (secondary N) is 1. The third kappa shape index (κ3) is 2.03. The minimum absolute atomic E-state index is 0.298. The number of fused-ring (bicyclic) bond motifs is 1. The summed E-state index contributed by atoms with van der Waals surface area (Å²) in [4.78, 5) is 29.0. The van der Waals surface area contributed by atoms with Gasteiger partial charge in [-0.2, -0.15) is 4.98 Å². The van der Waals surface area contributed by atoms with Crippen LogP contribution in [0.4, 0.5) is 5.95 Å². The standard InChI is InChI=1S/C13H21N5O2/c1-5-7-8-18-10-9(11(19)16(4)13(18)20)17(6-2)12(14-3)15-10/h5-8H2,1-4H3,(H,14,15). The fourth-order valence-electron chi connectivity index (χ4n) is 2.37. The van der Waals surface area contributed by atoms with Crippen LogP contribution in [-0.4, -0.2) is 25.7 Å². The Labute approximate surface area is 116 Å². The zero-order chi connectivity index (χ0) is 14.9. The zero-order valence-electron chi connectivity index (χ0n) is 12.4. The molecule has 0 unspecified atom stereocenters. The first-order chi connectivity index (χ1) is 9.56. The molecule has 110 valence electrons. The molecule has 2 rings (SSSR count). The molecule has 0 fully saturated rings. The van der Waals surface area contributed by atoms with E-state index in [-0.39, 0.29) is 11.2 Å². The van der Waals surface area contributed by atoms with Crippen molar-refractivity contribution in [3.05, 3.63) is 20.8 Å². The molecule has 0 aromatic carbocycles. The number of aromatic nitrogens is 4. The first-order valence-corrected chi connectivity index (χ1v) is 6.94. The summed E-state index contributed by atoms with van der Waals surface area (Å²) in [5, 5.41) is 2.97. The van der Waals surface area contributed by atoms with Gasteiger partial charge in [-0.25, -0.2) is 4.79 Å². The Morgan fingerprint density at radius 3 is 2.45 bits per heavy atom. The molecule has 7 heteroatoms. The lowest BCUT2D eigenvalue weighted by atomic mass is 10.3. The predicted molar refractivity (Wildman–Crippen MR) is 79.4 cm³/mol. The van der Waals surface area contributed by atoms with Crippen LogP contribution in [0.15, 0.2) is 9.59 Å². The molecule has 0 aliphatic carbocycles. The lowest BCUT2D eigenvalue weighted by molar-refractivity contribution is 0.583. The van der Waals surface area contributed by atoms with Crippen molar-refractivity contribution in [2.24, 2.45) is 7.05 Å². The number of hydrogen-bond acceptors (Lipinski definition) is 4. The molecular formula is C13H21N5O2. The number of hydrogen-bond donors (Lipinski definition) is 1. The molecule has 0 bridgehead atoms. The van der Waals surface area contributed by atoms with E-state index in [1.54, 1.807) is 16.2 Å². The van der Waals surface area contributed by atoms with Crippen LogP contribution in [0, 0.1) is 0 Å². The van der Waals surface area contributed by atoms with Gasteiger partial charge in [-0.3, -0.25) is 13.9 Å². The smallest absolute Gasteiger partial charge is 0.332 e. The van der Waals surface area contributed by atoms with Crippen LogP contribution in [-0.2, 0) is 20.1 Å². The van der Waals surface area contributed by atoms with E-state index in [4.69, 9.17) is 0 Å². The predicted octanol–water partition coefficient (Wildman–Crippen LogP) is 0.758. The van der Waals surface area contributed by atoms with Crippen molar-refractivity contribution in [3.8, 4) is 0 Å². The average molecular weight is 279 g/mol. The van der Waals surface area contributed by atoms with Crippen molar-refractivity contribution >= 4 is 17.1 Å². The van der Waals surface area contributed by atoms with Gasteiger partial charge in [0, 0.05) is 27.2 Å². The van der Waals surface area contributed by atoms with Crippen LogP contribution in [0.25, 0.3) is 11.2 Å². The minimum atomic E-state index is -0.306. The molecule has 0 amide bonds. The number of rotatable bonds is 5. The molecular weight excluding hydrogens is 258 g/mol. The molecule has 0 spiro atoms. The normalized spacial score (nSPS) is 11.2. The number of unbranched alkanes of at least 4 members (excludes halogenated alkanes) is 1. The summed E-state index contributed by atoms with van der Waals surface area (Å²) in [6.45, 7) is 5.20. The van der Waals surface area contributed by atoms with Gasteiger partial charge in [-0.05, 0) is 13.3 Å². The van der Waals surface area contributed by atoms with Gasteiger partial charge in [-0.1, -0.05) is 13.3 Å². The van der Waals surface area contributed by atoms with Gasteiger partial charge in [0.25, 0.3) is 5.56 Å². The van der Waals surface area contributed by atoms with Gasteiger partial charge < -0.3 is 9.88 Å². The molecule has 1 N–H and O–H groups in total. The third-order valence-electron chi connectivity index (χ3n) is 3.51. The van der Waals surface area contributed by atoms with Crippen LogP contribution in [0.1, 0.15) is 26.7 Å². The van der Waals surface area contributed by atoms with E-state index in [1.807, 2.05) is 6.92 Å². The fraction of sp³-hybridized carbons (Fsp3) is 0.615. The van der Waals surface area contributed by atoms with Crippen molar-refractivity contribution < 1.29 is 0 Å². The van der Waals surface area contributed by atoms with Crippen molar-refractivity contribution in [1.29, 1.82) is 0 Å². The topological polar surface area (TPSA) is 73.8 Å². The molecule has 2 aromatic rings. The average Bonchev–Trinajstić information content (AvgIpc) is 2.83. The number of aryl methyl sites for hydroxylation is 2. The summed E-state index contributed by atoms with van der Waals surface area (Å²) in [5.74, 6) is 0.607. The SMILES string of the molecule is CCCCn1c(=O)n(C)c(=O)c2c1nc(NC)n2CC. The van der Waals surface area contributed by atoms with Gasteiger partial charge in [0.15, 0.2) is 11.2 Å². The van der Waals surface area contributed by atoms with Gasteiger partial charge in [0.05, 0.1) is 0 Å². The quantitative estimate of drug-likeness (QED) is 0.877. The molecule has 7 nitrogen and oxygen atoms in total. The number of anilines is 1. The minimum Gasteiger partial charge on any atom is -0.359 e. The first-order valence-electron chi connectivity index (χ1n) is 6.94. The number of imidazole rings is 1. The zero-order valence-corrected chi connectivity index (χ0v) is 12.4. The van der Waals surface area contributed by atoms with Crippen LogP contribution in [0.2, 0.25) is 0 Å². The van der Waals surface area contributed by atoms with E-state index in [2.05, 4.69) is 17.2 Å². The maximum Gasteiger partial charge on any atom is 0.332 e. The molecule has 0 aliphatic heterocycles. The molecule has 0 radical (unpaired) electrons. The Bertz CT molecular complexity index is 738. The lowest BCUT2D eigenvalue weighted by Crippen LogP contribution is -2.38. The van der Waals surface area contributed by atoms with Crippen LogP contribution < -0.4 is 16.6 Å². The monoisotopic (exact) mass is 279 g/mol. The van der Waals surface area contributed by atoms with Crippen molar-refractivity contribution in [1.82, 2.24) is 18.7 Å². The van der Waals surface area contributed by atoms with Gasteiger partial charge in [-0.15, -0.1) is 0 Å². The Balaban J connectivity index is 2.89. The van der Waals surface area contributed by atoms with E-state index in [0.29, 0.717) is 30.2 Å². The Kier molecular flexibility index (Phi) is 3.96. The highest BCUT2D eigenvalue weighted by atomic mass is 16.2. The second kappa shape index (κ2) is 5.52. The molecule has 2 aromatic heterocycles. The van der Waals surface area contributed by atoms with E-state index >= 15 is 0 Å². The van der Waals surface area contributed by atoms with E-state index < -0.39 is 0 Å². The van der Waals surface area contributed by atoms with Gasteiger partial charge >= 0.3 is 5.69 Å². The van der Waals surface area contributed by atoms with Crippen LogP contribution in [0.5, 0.6) is 0 Å². The fourth-order valence-corrected chi connectivity index (χ4v) is 2.37. The van der Waals surface area contributed by atoms with Crippen molar-refractivity contribution in [2.45, 2.75) is 39.8 Å². The summed E-state index contributed by atoms with van der Waals surface area (Å²) < 4.78 is 4.55. The second-order valence-electron chi connectivity index (χ2n) is 4.75. The van der Waals surface area contributed by atoms with E-state index in [0.717, 1.165) is 17.4 Å². The van der Waals surface area contributed by atoms with Crippen LogP contribution in [0.3, 0.4) is 0 Å². The molecule has 0 aliphatic rings. The summed E-state index contributed by atoms with van der Waals surface area (Å²) in [6, 6.07) is 0. The Morgan fingerprint density at radius 2 is 1.90 bits per heavy atom. The maximum absolute atomic E-state index is 12.3. The molecule has 0 saturated heterocycles. The lowest BCUT2D eigenvalue weighted by Gasteiger charge is -2.09. The third-order valence-corrected chi connectivity index (χ3v) is 3.51.